The highest BCUT2D eigenvalue weighted by molar-refractivity contribution is 7.92. The minimum absolute atomic E-state index is 0.104. The predicted octanol–water partition coefficient (Wildman–Crippen LogP) is 1.59. The van der Waals surface area contributed by atoms with Crippen molar-refractivity contribution in [2.45, 2.75) is 4.90 Å². The molecule has 2 rings (SSSR count). The first-order valence-electron chi connectivity index (χ1n) is 6.14. The van der Waals surface area contributed by atoms with E-state index in [-0.39, 0.29) is 11.3 Å². The van der Waals surface area contributed by atoms with Crippen molar-refractivity contribution >= 4 is 27.6 Å². The molecule has 0 aliphatic rings. The molecule has 2 aromatic rings. The topological polar surface area (TPSA) is 141 Å². The Morgan fingerprint density at radius 3 is 2.09 bits per heavy atom. The SMILES string of the molecule is O=C(O)c1ccc(NS(=O)(=O)c2ccccc2C(=O)O)cc1O. The summed E-state index contributed by atoms with van der Waals surface area (Å²) in [5.74, 6) is -3.40. The number of phenols is 1. The van der Waals surface area contributed by atoms with Crippen LogP contribution in [-0.4, -0.2) is 35.7 Å². The lowest BCUT2D eigenvalue weighted by Crippen LogP contribution is -2.17. The van der Waals surface area contributed by atoms with Gasteiger partial charge >= 0.3 is 11.9 Å². The van der Waals surface area contributed by atoms with Crippen LogP contribution in [0.1, 0.15) is 20.7 Å². The Bertz CT molecular complexity index is 890. The fraction of sp³-hybridized carbons (Fsp3) is 0. The predicted molar refractivity (Wildman–Crippen MR) is 79.3 cm³/mol. The van der Waals surface area contributed by atoms with Gasteiger partial charge in [-0.05, 0) is 24.3 Å². The highest BCUT2D eigenvalue weighted by Gasteiger charge is 2.22. The van der Waals surface area contributed by atoms with E-state index in [1.54, 1.807) is 0 Å². The Kier molecular flexibility index (Phi) is 4.23. The second-order valence-electron chi connectivity index (χ2n) is 4.44. The van der Waals surface area contributed by atoms with Crippen molar-refractivity contribution in [3.63, 3.8) is 0 Å². The lowest BCUT2D eigenvalue weighted by atomic mass is 10.2. The van der Waals surface area contributed by atoms with Crippen LogP contribution < -0.4 is 4.72 Å². The number of benzene rings is 2. The van der Waals surface area contributed by atoms with Gasteiger partial charge in [0.15, 0.2) is 0 Å². The summed E-state index contributed by atoms with van der Waals surface area (Å²) in [6.45, 7) is 0. The monoisotopic (exact) mass is 337 g/mol. The van der Waals surface area contributed by atoms with Crippen molar-refractivity contribution in [1.82, 2.24) is 0 Å². The lowest BCUT2D eigenvalue weighted by Gasteiger charge is -2.11. The number of rotatable bonds is 5. The first-order chi connectivity index (χ1) is 10.7. The second kappa shape index (κ2) is 5.97. The average molecular weight is 337 g/mol. The molecule has 4 N–H and O–H groups in total. The molecule has 0 bridgehead atoms. The van der Waals surface area contributed by atoms with E-state index in [0.29, 0.717) is 0 Å². The standard InChI is InChI=1S/C14H11NO7S/c16-11-7-8(5-6-9(11)13(17)18)15-23(21,22)12-4-2-1-3-10(12)14(19)20/h1-7,15-16H,(H,17,18)(H,19,20). The van der Waals surface area contributed by atoms with Crippen molar-refractivity contribution < 1.29 is 33.3 Å². The summed E-state index contributed by atoms with van der Waals surface area (Å²) >= 11 is 0. The molecule has 120 valence electrons. The number of carboxylic acid groups (broad SMARTS) is 2. The largest absolute Gasteiger partial charge is 0.507 e. The van der Waals surface area contributed by atoms with Gasteiger partial charge in [0.2, 0.25) is 0 Å². The van der Waals surface area contributed by atoms with Crippen molar-refractivity contribution in [3.8, 4) is 5.75 Å². The number of carbonyl (C=O) groups is 2. The van der Waals surface area contributed by atoms with Crippen molar-refractivity contribution in [1.29, 1.82) is 0 Å². The maximum absolute atomic E-state index is 12.3. The van der Waals surface area contributed by atoms with Gasteiger partial charge in [-0.2, -0.15) is 0 Å². The average Bonchev–Trinajstić information content (AvgIpc) is 2.46. The fourth-order valence-electron chi connectivity index (χ4n) is 1.86. The minimum atomic E-state index is -4.23. The van der Waals surface area contributed by atoms with Crippen molar-refractivity contribution in [2.24, 2.45) is 0 Å². The van der Waals surface area contributed by atoms with E-state index in [4.69, 9.17) is 10.2 Å². The molecule has 0 aliphatic heterocycles. The molecule has 0 saturated carbocycles. The quantitative estimate of drug-likeness (QED) is 0.649. The molecule has 2 aromatic carbocycles. The molecule has 0 spiro atoms. The molecule has 0 amide bonds. The molecule has 0 heterocycles. The number of carboxylic acids is 2. The normalized spacial score (nSPS) is 11.0. The molecular formula is C14H11NO7S. The molecule has 23 heavy (non-hydrogen) atoms. The maximum atomic E-state index is 12.3. The Balaban J connectivity index is 2.42. The van der Waals surface area contributed by atoms with Gasteiger partial charge in [0, 0.05) is 6.07 Å². The number of nitrogens with one attached hydrogen (secondary N) is 1. The lowest BCUT2D eigenvalue weighted by molar-refractivity contribution is 0.0682. The first kappa shape index (κ1) is 16.3. The Morgan fingerprint density at radius 2 is 1.52 bits per heavy atom. The third-order valence-electron chi connectivity index (χ3n) is 2.89. The Morgan fingerprint density at radius 1 is 0.913 bits per heavy atom. The van der Waals surface area contributed by atoms with Crippen LogP contribution in [0.2, 0.25) is 0 Å². The van der Waals surface area contributed by atoms with E-state index in [2.05, 4.69) is 4.72 Å². The zero-order valence-corrected chi connectivity index (χ0v) is 12.2. The van der Waals surface area contributed by atoms with E-state index < -0.39 is 38.2 Å². The molecular weight excluding hydrogens is 326 g/mol. The van der Waals surface area contributed by atoms with Crippen LogP contribution in [0.4, 0.5) is 5.69 Å². The summed E-state index contributed by atoms with van der Waals surface area (Å²) in [5, 5.41) is 27.4. The number of hydrogen-bond donors (Lipinski definition) is 4. The zero-order valence-electron chi connectivity index (χ0n) is 11.4. The van der Waals surface area contributed by atoms with Gasteiger partial charge in [-0.15, -0.1) is 0 Å². The Hall–Kier alpha value is -3.07. The number of aromatic carboxylic acids is 2. The van der Waals surface area contributed by atoms with Gasteiger partial charge in [0.25, 0.3) is 10.0 Å². The molecule has 0 saturated heterocycles. The maximum Gasteiger partial charge on any atom is 0.339 e. The van der Waals surface area contributed by atoms with Crippen LogP contribution in [0, 0.1) is 0 Å². The number of anilines is 1. The van der Waals surface area contributed by atoms with Crippen LogP contribution >= 0.6 is 0 Å². The van der Waals surface area contributed by atoms with Crippen molar-refractivity contribution in [3.05, 3.63) is 53.6 Å². The molecule has 0 aliphatic carbocycles. The molecule has 0 radical (unpaired) electrons. The van der Waals surface area contributed by atoms with Crippen LogP contribution in [-0.2, 0) is 10.0 Å². The summed E-state index contributed by atoms with van der Waals surface area (Å²) in [5.41, 5.74) is -0.905. The van der Waals surface area contributed by atoms with Crippen LogP contribution in [0.5, 0.6) is 5.75 Å². The van der Waals surface area contributed by atoms with Gasteiger partial charge in [-0.1, -0.05) is 12.1 Å². The summed E-state index contributed by atoms with van der Waals surface area (Å²) < 4.78 is 26.7. The van der Waals surface area contributed by atoms with Gasteiger partial charge in [0.1, 0.15) is 16.2 Å². The van der Waals surface area contributed by atoms with Crippen LogP contribution in [0.15, 0.2) is 47.4 Å². The third kappa shape index (κ3) is 3.40. The highest BCUT2D eigenvalue weighted by Crippen LogP contribution is 2.25. The van der Waals surface area contributed by atoms with Gasteiger partial charge in [0.05, 0.1) is 11.3 Å². The minimum Gasteiger partial charge on any atom is -0.507 e. The highest BCUT2D eigenvalue weighted by atomic mass is 32.2. The fourth-order valence-corrected chi connectivity index (χ4v) is 3.11. The molecule has 8 nitrogen and oxygen atoms in total. The smallest absolute Gasteiger partial charge is 0.339 e. The molecule has 0 atom stereocenters. The van der Waals surface area contributed by atoms with Crippen LogP contribution in [0.25, 0.3) is 0 Å². The molecule has 9 heteroatoms. The summed E-state index contributed by atoms with van der Waals surface area (Å²) in [4.78, 5) is 21.4. The van der Waals surface area contributed by atoms with Crippen LogP contribution in [0.3, 0.4) is 0 Å². The van der Waals surface area contributed by atoms with E-state index in [0.717, 1.165) is 30.3 Å². The summed E-state index contributed by atoms with van der Waals surface area (Å²) in [6, 6.07) is 8.11. The second-order valence-corrected chi connectivity index (χ2v) is 6.09. The summed E-state index contributed by atoms with van der Waals surface area (Å²) in [6.07, 6.45) is 0. The van der Waals surface area contributed by atoms with E-state index in [9.17, 15) is 23.1 Å². The summed E-state index contributed by atoms with van der Waals surface area (Å²) in [7, 11) is -4.23. The third-order valence-corrected chi connectivity index (χ3v) is 4.33. The zero-order chi connectivity index (χ0) is 17.2. The van der Waals surface area contributed by atoms with Gasteiger partial charge in [-0.3, -0.25) is 4.72 Å². The molecule has 0 aromatic heterocycles. The van der Waals surface area contributed by atoms with Crippen molar-refractivity contribution in [2.75, 3.05) is 4.72 Å². The van der Waals surface area contributed by atoms with Gasteiger partial charge in [-0.25, -0.2) is 18.0 Å². The number of hydrogen-bond acceptors (Lipinski definition) is 5. The molecule has 0 unspecified atom stereocenters. The van der Waals surface area contributed by atoms with E-state index in [1.807, 2.05) is 0 Å². The Labute approximate surface area is 130 Å². The van der Waals surface area contributed by atoms with E-state index >= 15 is 0 Å². The number of aromatic hydroxyl groups is 1. The first-order valence-corrected chi connectivity index (χ1v) is 7.62. The van der Waals surface area contributed by atoms with Gasteiger partial charge < -0.3 is 15.3 Å². The molecule has 0 fully saturated rings. The number of sulfonamides is 1. The van der Waals surface area contributed by atoms with E-state index in [1.165, 1.54) is 12.1 Å².